The second-order valence-corrected chi connectivity index (χ2v) is 9.73. The quantitative estimate of drug-likeness (QED) is 0.729. The normalized spacial score (nSPS) is 15.6. The summed E-state index contributed by atoms with van der Waals surface area (Å²) in [5, 5.41) is 4.61. The third kappa shape index (κ3) is 4.58. The molecule has 1 aromatic heterocycles. The highest BCUT2D eigenvalue weighted by Crippen LogP contribution is 2.30. The standard InChI is InChI=1S/C20H27N3O3S/c1-14(13-27(4,25)26)22(17-10-11-17)20(24)12-19-15(2)21-23(16(19)3)18-8-6-5-7-9-18/h5-9,14,17H,10-13H2,1-4H3. The summed E-state index contributed by atoms with van der Waals surface area (Å²) in [6, 6.07) is 9.68. The van der Waals surface area contributed by atoms with Gasteiger partial charge in [0.2, 0.25) is 5.91 Å². The van der Waals surface area contributed by atoms with Gasteiger partial charge in [-0.1, -0.05) is 18.2 Å². The van der Waals surface area contributed by atoms with Crippen LogP contribution < -0.4 is 0 Å². The van der Waals surface area contributed by atoms with Crippen molar-refractivity contribution in [2.75, 3.05) is 12.0 Å². The highest BCUT2D eigenvalue weighted by atomic mass is 32.2. The van der Waals surface area contributed by atoms with Gasteiger partial charge >= 0.3 is 0 Å². The van der Waals surface area contributed by atoms with Gasteiger partial charge < -0.3 is 4.90 Å². The van der Waals surface area contributed by atoms with Crippen LogP contribution in [0.5, 0.6) is 0 Å². The maximum absolute atomic E-state index is 13.1. The number of para-hydroxylation sites is 1. The molecule has 1 aliphatic rings. The molecule has 1 amide bonds. The zero-order valence-electron chi connectivity index (χ0n) is 16.3. The number of aryl methyl sites for hydroxylation is 1. The molecule has 1 aromatic carbocycles. The maximum atomic E-state index is 13.1. The molecule has 0 spiro atoms. The van der Waals surface area contributed by atoms with Crippen molar-refractivity contribution >= 4 is 15.7 Å². The number of carbonyl (C=O) groups is 1. The smallest absolute Gasteiger partial charge is 0.227 e. The average Bonchev–Trinajstić information content (AvgIpc) is 3.36. The fraction of sp³-hybridized carbons (Fsp3) is 0.500. The first-order chi connectivity index (χ1) is 12.7. The Morgan fingerprint density at radius 3 is 2.44 bits per heavy atom. The van der Waals surface area contributed by atoms with Crippen LogP contribution >= 0.6 is 0 Å². The number of hydrogen-bond donors (Lipinski definition) is 0. The number of sulfone groups is 1. The molecule has 7 heteroatoms. The van der Waals surface area contributed by atoms with Gasteiger partial charge in [0.15, 0.2) is 0 Å². The summed E-state index contributed by atoms with van der Waals surface area (Å²) in [6.45, 7) is 5.71. The molecule has 1 unspecified atom stereocenters. The van der Waals surface area contributed by atoms with Crippen molar-refractivity contribution < 1.29 is 13.2 Å². The Kier molecular flexibility index (Phi) is 5.42. The Hall–Kier alpha value is -2.15. The van der Waals surface area contributed by atoms with Crippen molar-refractivity contribution in [2.24, 2.45) is 0 Å². The van der Waals surface area contributed by atoms with Crippen LogP contribution in [-0.2, 0) is 21.1 Å². The number of amides is 1. The minimum absolute atomic E-state index is 0.00349. The van der Waals surface area contributed by atoms with E-state index >= 15 is 0 Å². The number of nitrogens with zero attached hydrogens (tertiary/aromatic N) is 3. The van der Waals surface area contributed by atoms with Gasteiger partial charge in [-0.3, -0.25) is 4.79 Å². The van der Waals surface area contributed by atoms with E-state index in [0.29, 0.717) is 0 Å². The fourth-order valence-corrected chi connectivity index (χ4v) is 4.71. The molecule has 3 rings (SSSR count). The van der Waals surface area contributed by atoms with Gasteiger partial charge in [-0.2, -0.15) is 5.10 Å². The van der Waals surface area contributed by atoms with Gasteiger partial charge in [0.05, 0.1) is 23.6 Å². The third-order valence-corrected chi connectivity index (χ3v) is 6.10. The molecule has 27 heavy (non-hydrogen) atoms. The van der Waals surface area contributed by atoms with Gasteiger partial charge in [0.25, 0.3) is 0 Å². The Morgan fingerprint density at radius 2 is 1.89 bits per heavy atom. The Morgan fingerprint density at radius 1 is 1.26 bits per heavy atom. The molecule has 1 heterocycles. The fourth-order valence-electron chi connectivity index (χ4n) is 3.67. The molecule has 6 nitrogen and oxygen atoms in total. The van der Waals surface area contributed by atoms with E-state index < -0.39 is 9.84 Å². The van der Waals surface area contributed by atoms with E-state index in [1.165, 1.54) is 6.26 Å². The van der Waals surface area contributed by atoms with Crippen molar-refractivity contribution in [2.45, 2.75) is 52.1 Å². The SMILES string of the molecule is Cc1nn(-c2ccccc2)c(C)c1CC(=O)N(C(C)CS(C)(=O)=O)C1CC1. The summed E-state index contributed by atoms with van der Waals surface area (Å²) in [7, 11) is -3.14. The lowest BCUT2D eigenvalue weighted by Crippen LogP contribution is -2.44. The van der Waals surface area contributed by atoms with Gasteiger partial charge in [-0.15, -0.1) is 0 Å². The van der Waals surface area contributed by atoms with E-state index in [2.05, 4.69) is 5.10 Å². The molecule has 0 aliphatic heterocycles. The van der Waals surface area contributed by atoms with Crippen molar-refractivity contribution in [3.05, 3.63) is 47.3 Å². The first-order valence-corrected chi connectivity index (χ1v) is 11.3. The largest absolute Gasteiger partial charge is 0.336 e. The van der Waals surface area contributed by atoms with Gasteiger partial charge in [0, 0.05) is 29.6 Å². The van der Waals surface area contributed by atoms with Gasteiger partial charge in [-0.25, -0.2) is 13.1 Å². The van der Waals surface area contributed by atoms with Crippen LogP contribution in [0.3, 0.4) is 0 Å². The molecular formula is C20H27N3O3S. The summed E-state index contributed by atoms with van der Waals surface area (Å²) in [5.74, 6) is -0.0244. The van der Waals surface area contributed by atoms with Crippen LogP contribution in [0, 0.1) is 13.8 Å². The van der Waals surface area contributed by atoms with Crippen molar-refractivity contribution in [3.63, 3.8) is 0 Å². The highest BCUT2D eigenvalue weighted by Gasteiger charge is 2.37. The topological polar surface area (TPSA) is 72.3 Å². The van der Waals surface area contributed by atoms with Crippen LogP contribution in [-0.4, -0.2) is 53.1 Å². The predicted octanol–water partition coefficient (Wildman–Crippen LogP) is 2.46. The first-order valence-electron chi connectivity index (χ1n) is 9.27. The van der Waals surface area contributed by atoms with Crippen LogP contribution in [0.4, 0.5) is 0 Å². The van der Waals surface area contributed by atoms with E-state index in [-0.39, 0.29) is 30.2 Å². The van der Waals surface area contributed by atoms with Crippen LogP contribution in [0.25, 0.3) is 5.69 Å². The van der Waals surface area contributed by atoms with Crippen LogP contribution in [0.1, 0.15) is 36.7 Å². The molecule has 1 atom stereocenters. The Labute approximate surface area is 161 Å². The summed E-state index contributed by atoms with van der Waals surface area (Å²) >= 11 is 0. The molecule has 1 aliphatic carbocycles. The van der Waals surface area contributed by atoms with Crippen LogP contribution in [0.2, 0.25) is 0 Å². The summed E-state index contributed by atoms with van der Waals surface area (Å²) in [5.41, 5.74) is 3.65. The van der Waals surface area contributed by atoms with E-state index in [1.54, 1.807) is 4.90 Å². The molecule has 2 aromatic rings. The van der Waals surface area contributed by atoms with E-state index in [0.717, 1.165) is 35.5 Å². The Balaban J connectivity index is 1.83. The van der Waals surface area contributed by atoms with E-state index in [9.17, 15) is 13.2 Å². The molecule has 0 N–H and O–H groups in total. The minimum Gasteiger partial charge on any atom is -0.336 e. The first kappa shape index (κ1) is 19.6. The van der Waals surface area contributed by atoms with Crippen molar-refractivity contribution in [1.82, 2.24) is 14.7 Å². The predicted molar refractivity (Wildman–Crippen MR) is 106 cm³/mol. The summed E-state index contributed by atoms with van der Waals surface area (Å²) in [6.07, 6.45) is 3.36. The number of carbonyl (C=O) groups excluding carboxylic acids is 1. The second kappa shape index (κ2) is 7.46. The third-order valence-electron chi connectivity index (χ3n) is 5.02. The van der Waals surface area contributed by atoms with Crippen molar-refractivity contribution in [3.8, 4) is 5.69 Å². The van der Waals surface area contributed by atoms with Crippen molar-refractivity contribution in [1.29, 1.82) is 0 Å². The maximum Gasteiger partial charge on any atom is 0.227 e. The lowest BCUT2D eigenvalue weighted by molar-refractivity contribution is -0.132. The summed E-state index contributed by atoms with van der Waals surface area (Å²) < 4.78 is 25.2. The second-order valence-electron chi connectivity index (χ2n) is 7.55. The molecule has 0 bridgehead atoms. The van der Waals surface area contributed by atoms with E-state index in [1.807, 2.05) is 55.8 Å². The zero-order valence-corrected chi connectivity index (χ0v) is 17.2. The van der Waals surface area contributed by atoms with E-state index in [4.69, 9.17) is 0 Å². The molecule has 146 valence electrons. The molecular weight excluding hydrogens is 362 g/mol. The molecule has 0 saturated heterocycles. The minimum atomic E-state index is -3.14. The average molecular weight is 390 g/mol. The lowest BCUT2D eigenvalue weighted by Gasteiger charge is -2.29. The number of benzene rings is 1. The number of hydrogen-bond acceptors (Lipinski definition) is 4. The molecule has 1 fully saturated rings. The monoisotopic (exact) mass is 389 g/mol. The van der Waals surface area contributed by atoms with Gasteiger partial charge in [-0.05, 0) is 45.7 Å². The zero-order chi connectivity index (χ0) is 19.8. The Bertz CT molecular complexity index is 931. The lowest BCUT2D eigenvalue weighted by atomic mass is 10.1. The number of aromatic nitrogens is 2. The van der Waals surface area contributed by atoms with Crippen LogP contribution in [0.15, 0.2) is 30.3 Å². The van der Waals surface area contributed by atoms with Gasteiger partial charge in [0.1, 0.15) is 9.84 Å². The molecule has 0 radical (unpaired) electrons. The summed E-state index contributed by atoms with van der Waals surface area (Å²) in [4.78, 5) is 14.8. The number of rotatable bonds is 7. The molecule has 1 saturated carbocycles. The highest BCUT2D eigenvalue weighted by molar-refractivity contribution is 7.90.